The highest BCUT2D eigenvalue weighted by Crippen LogP contribution is 2.33. The SMILES string of the molecule is Cc1ccc2sc(N(CCCN(C)C)C(=O)c3ccc(S(=O)(=O)N4CCOCC4)cc3)nc2c1C.[Cl-]. The number of halogens is 1. The van der Waals surface area contributed by atoms with E-state index in [4.69, 9.17) is 9.72 Å². The minimum atomic E-state index is -3.61. The number of sulfonamides is 1. The molecule has 1 aliphatic heterocycles. The third-order valence-corrected chi connectivity index (χ3v) is 9.20. The molecule has 1 saturated heterocycles. The Kier molecular flexibility index (Phi) is 9.48. The van der Waals surface area contributed by atoms with Crippen molar-refractivity contribution in [3.8, 4) is 0 Å². The molecule has 196 valence electrons. The number of benzene rings is 2. The summed E-state index contributed by atoms with van der Waals surface area (Å²) in [6, 6.07) is 10.3. The lowest BCUT2D eigenvalue weighted by molar-refractivity contribution is -0.0000177. The largest absolute Gasteiger partial charge is 1.00 e. The Morgan fingerprint density at radius 3 is 2.36 bits per heavy atom. The van der Waals surface area contributed by atoms with Gasteiger partial charge < -0.3 is 22.0 Å². The van der Waals surface area contributed by atoms with Gasteiger partial charge in [0.1, 0.15) is 0 Å². The molecular formula is C25H32ClN4O4S2-. The molecule has 1 fully saturated rings. The van der Waals surface area contributed by atoms with Crippen molar-refractivity contribution in [2.24, 2.45) is 0 Å². The number of ether oxygens (including phenoxy) is 1. The van der Waals surface area contributed by atoms with Crippen LogP contribution in [0.2, 0.25) is 0 Å². The summed E-state index contributed by atoms with van der Waals surface area (Å²) in [6.07, 6.45) is 0.788. The molecule has 11 heteroatoms. The number of carbonyl (C=O) groups excluding carboxylic acids is 1. The minimum Gasteiger partial charge on any atom is -1.00 e. The Morgan fingerprint density at radius 2 is 1.72 bits per heavy atom. The summed E-state index contributed by atoms with van der Waals surface area (Å²) in [5.74, 6) is -0.187. The van der Waals surface area contributed by atoms with E-state index in [1.54, 1.807) is 17.0 Å². The van der Waals surface area contributed by atoms with Gasteiger partial charge in [-0.25, -0.2) is 13.4 Å². The van der Waals surface area contributed by atoms with Crippen molar-refractivity contribution in [2.45, 2.75) is 25.2 Å². The molecule has 1 aromatic heterocycles. The van der Waals surface area contributed by atoms with Gasteiger partial charge in [-0.15, -0.1) is 0 Å². The molecule has 0 N–H and O–H groups in total. The van der Waals surface area contributed by atoms with Gasteiger partial charge in [-0.2, -0.15) is 4.31 Å². The molecule has 0 aliphatic carbocycles. The average molecular weight is 552 g/mol. The fraction of sp³-hybridized carbons (Fsp3) is 0.440. The van der Waals surface area contributed by atoms with Crippen molar-refractivity contribution in [3.05, 3.63) is 53.1 Å². The Labute approximate surface area is 223 Å². The van der Waals surface area contributed by atoms with Gasteiger partial charge in [0.2, 0.25) is 10.0 Å². The predicted molar refractivity (Wildman–Crippen MR) is 140 cm³/mol. The number of hydrogen-bond acceptors (Lipinski definition) is 7. The van der Waals surface area contributed by atoms with E-state index in [1.165, 1.54) is 27.8 Å². The van der Waals surface area contributed by atoms with Crippen LogP contribution in [0.25, 0.3) is 10.2 Å². The first-order valence-corrected chi connectivity index (χ1v) is 14.0. The zero-order valence-corrected chi connectivity index (χ0v) is 23.4. The van der Waals surface area contributed by atoms with Crippen molar-refractivity contribution in [3.63, 3.8) is 0 Å². The highest BCUT2D eigenvalue weighted by Gasteiger charge is 2.27. The minimum absolute atomic E-state index is 0. The number of aryl methyl sites for hydroxylation is 2. The number of nitrogens with zero attached hydrogens (tertiary/aromatic N) is 4. The second kappa shape index (κ2) is 12.0. The molecule has 4 rings (SSSR count). The second-order valence-corrected chi connectivity index (χ2v) is 12.0. The van der Waals surface area contributed by atoms with Crippen LogP contribution >= 0.6 is 11.3 Å². The lowest BCUT2D eigenvalue weighted by atomic mass is 10.1. The maximum absolute atomic E-state index is 13.6. The third-order valence-electron chi connectivity index (χ3n) is 6.25. The van der Waals surface area contributed by atoms with Gasteiger partial charge in [-0.05, 0) is 82.4 Å². The van der Waals surface area contributed by atoms with Crippen molar-refractivity contribution in [1.82, 2.24) is 14.2 Å². The monoisotopic (exact) mass is 551 g/mol. The lowest BCUT2D eigenvalue weighted by Crippen LogP contribution is -3.00. The van der Waals surface area contributed by atoms with Crippen LogP contribution in [-0.2, 0) is 14.8 Å². The summed E-state index contributed by atoms with van der Waals surface area (Å²) >= 11 is 1.50. The van der Waals surface area contributed by atoms with Crippen molar-refractivity contribution in [1.29, 1.82) is 0 Å². The van der Waals surface area contributed by atoms with E-state index >= 15 is 0 Å². The van der Waals surface area contributed by atoms with Gasteiger partial charge in [0, 0.05) is 25.2 Å². The van der Waals surface area contributed by atoms with Crippen molar-refractivity contribution < 1.29 is 30.4 Å². The van der Waals surface area contributed by atoms with E-state index in [0.29, 0.717) is 43.5 Å². The summed E-state index contributed by atoms with van der Waals surface area (Å²) in [4.78, 5) is 22.4. The molecular weight excluding hydrogens is 520 g/mol. The zero-order chi connectivity index (χ0) is 25.2. The molecule has 0 bridgehead atoms. The third kappa shape index (κ3) is 6.07. The van der Waals surface area contributed by atoms with Crippen LogP contribution in [-0.4, -0.2) is 82.0 Å². The average Bonchev–Trinajstić information content (AvgIpc) is 3.29. The first kappa shape index (κ1) is 28.5. The van der Waals surface area contributed by atoms with Crippen LogP contribution in [0.4, 0.5) is 5.13 Å². The van der Waals surface area contributed by atoms with Crippen LogP contribution in [0.15, 0.2) is 41.3 Å². The molecule has 2 heterocycles. The standard InChI is InChI=1S/C25H32N4O4S2.ClH/c1-18-6-11-22-23(19(18)2)26-25(34-22)29(13-5-12-27(3)4)24(30)20-7-9-21(10-8-20)35(31,32)28-14-16-33-17-15-28;/h6-11H,5,12-17H2,1-4H3;1H/p-1. The fourth-order valence-electron chi connectivity index (χ4n) is 4.02. The molecule has 0 radical (unpaired) electrons. The van der Waals surface area contributed by atoms with Gasteiger partial charge in [0.25, 0.3) is 5.91 Å². The molecule has 0 saturated carbocycles. The number of rotatable bonds is 8. The van der Waals surface area contributed by atoms with E-state index in [1.807, 2.05) is 27.1 Å². The Hall–Kier alpha value is -2.08. The van der Waals surface area contributed by atoms with Gasteiger partial charge in [-0.3, -0.25) is 9.69 Å². The van der Waals surface area contributed by atoms with Gasteiger partial charge >= 0.3 is 0 Å². The number of anilines is 1. The molecule has 8 nitrogen and oxygen atoms in total. The molecule has 1 amide bonds. The number of aromatic nitrogens is 1. The number of carbonyl (C=O) groups is 1. The van der Waals surface area contributed by atoms with Gasteiger partial charge in [0.05, 0.1) is 28.3 Å². The topological polar surface area (TPSA) is 83.1 Å². The molecule has 3 aromatic rings. The number of thiazole rings is 1. The van der Waals surface area contributed by atoms with Crippen LogP contribution in [0.3, 0.4) is 0 Å². The second-order valence-electron chi connectivity index (χ2n) is 9.01. The van der Waals surface area contributed by atoms with Crippen molar-refractivity contribution in [2.75, 3.05) is 58.4 Å². The van der Waals surface area contributed by atoms with Crippen LogP contribution in [0, 0.1) is 13.8 Å². The number of fused-ring (bicyclic) bond motifs is 1. The summed E-state index contributed by atoms with van der Waals surface area (Å²) < 4.78 is 33.6. The molecule has 0 unspecified atom stereocenters. The molecule has 2 aromatic carbocycles. The summed E-state index contributed by atoms with van der Waals surface area (Å²) in [7, 11) is 0.393. The molecule has 36 heavy (non-hydrogen) atoms. The van der Waals surface area contributed by atoms with E-state index in [9.17, 15) is 13.2 Å². The quantitative estimate of drug-likeness (QED) is 0.406. The zero-order valence-electron chi connectivity index (χ0n) is 21.0. The normalized spacial score (nSPS) is 14.7. The van der Waals surface area contributed by atoms with E-state index in [0.717, 1.165) is 34.3 Å². The number of amides is 1. The first-order valence-electron chi connectivity index (χ1n) is 11.7. The molecule has 1 aliphatic rings. The lowest BCUT2D eigenvalue weighted by Gasteiger charge is -2.26. The van der Waals surface area contributed by atoms with Crippen LogP contribution in [0.5, 0.6) is 0 Å². The van der Waals surface area contributed by atoms with E-state index in [-0.39, 0.29) is 23.2 Å². The summed E-state index contributed by atoms with van der Waals surface area (Å²) in [6.45, 7) is 6.90. The fourth-order valence-corrected chi connectivity index (χ4v) is 6.48. The Bertz CT molecular complexity index is 1300. The summed E-state index contributed by atoms with van der Waals surface area (Å²) in [5.41, 5.74) is 3.63. The number of hydrogen-bond donors (Lipinski definition) is 0. The molecule has 0 spiro atoms. The van der Waals surface area contributed by atoms with E-state index in [2.05, 4.69) is 17.9 Å². The van der Waals surface area contributed by atoms with E-state index < -0.39 is 10.0 Å². The highest BCUT2D eigenvalue weighted by molar-refractivity contribution is 7.89. The smallest absolute Gasteiger partial charge is 0.260 e. The Balaban J connectivity index is 0.00000361. The Morgan fingerprint density at radius 1 is 1.06 bits per heavy atom. The summed E-state index contributed by atoms with van der Waals surface area (Å²) in [5, 5.41) is 0.655. The first-order chi connectivity index (χ1) is 16.7. The number of morpholine rings is 1. The van der Waals surface area contributed by atoms with Crippen molar-refractivity contribution >= 4 is 42.6 Å². The van der Waals surface area contributed by atoms with Gasteiger partial charge in [-0.1, -0.05) is 17.4 Å². The maximum Gasteiger partial charge on any atom is 0.260 e. The highest BCUT2D eigenvalue weighted by atomic mass is 35.5. The predicted octanol–water partition coefficient (Wildman–Crippen LogP) is 0.537. The van der Waals surface area contributed by atoms with Gasteiger partial charge in [0.15, 0.2) is 5.13 Å². The van der Waals surface area contributed by atoms with Crippen LogP contribution < -0.4 is 17.3 Å². The molecule has 0 atom stereocenters. The maximum atomic E-state index is 13.6. The van der Waals surface area contributed by atoms with Crippen LogP contribution in [0.1, 0.15) is 27.9 Å².